The number of benzene rings is 2. The maximum Gasteiger partial charge on any atom is 0.241 e. The number of hydrogen-bond acceptors (Lipinski definition) is 7. The van der Waals surface area contributed by atoms with Crippen LogP contribution < -0.4 is 24.4 Å². The number of carbonyl (C=O) groups is 2. The van der Waals surface area contributed by atoms with Gasteiger partial charge in [0.1, 0.15) is 19.0 Å². The van der Waals surface area contributed by atoms with Crippen molar-refractivity contribution in [3.8, 4) is 11.5 Å². The summed E-state index contributed by atoms with van der Waals surface area (Å²) in [6, 6.07) is 14.5. The molecule has 11 heteroatoms. The predicted octanol–water partition coefficient (Wildman–Crippen LogP) is 2.52. The van der Waals surface area contributed by atoms with Crippen LogP contribution in [-0.4, -0.2) is 40.0 Å². The third-order valence-electron chi connectivity index (χ3n) is 5.76. The highest BCUT2D eigenvalue weighted by atomic mass is 32.2. The first-order valence-corrected chi connectivity index (χ1v) is 12.5. The number of furan rings is 1. The van der Waals surface area contributed by atoms with Crippen molar-refractivity contribution in [2.24, 2.45) is 5.92 Å². The fourth-order valence-electron chi connectivity index (χ4n) is 3.98. The topological polar surface area (TPSA) is 127 Å². The van der Waals surface area contributed by atoms with Gasteiger partial charge in [-0.05, 0) is 42.5 Å². The number of ether oxygens (including phenoxy) is 2. The van der Waals surface area contributed by atoms with Crippen LogP contribution in [0.3, 0.4) is 0 Å². The number of nitrogens with zero attached hydrogens (tertiary/aromatic N) is 1. The minimum Gasteiger partial charge on any atom is -0.486 e. The first-order valence-electron chi connectivity index (χ1n) is 11.0. The Hall–Kier alpha value is -3.83. The van der Waals surface area contributed by atoms with Gasteiger partial charge in [0, 0.05) is 30.4 Å². The first-order chi connectivity index (χ1) is 16.9. The molecule has 182 valence electrons. The van der Waals surface area contributed by atoms with E-state index in [9.17, 15) is 18.0 Å². The summed E-state index contributed by atoms with van der Waals surface area (Å²) in [7, 11) is -3.82. The van der Waals surface area contributed by atoms with Gasteiger partial charge in [0.05, 0.1) is 23.6 Å². The zero-order valence-electron chi connectivity index (χ0n) is 18.6. The van der Waals surface area contributed by atoms with Crippen molar-refractivity contribution in [2.45, 2.75) is 17.9 Å². The van der Waals surface area contributed by atoms with Crippen LogP contribution in [0.2, 0.25) is 0 Å². The molecule has 5 rings (SSSR count). The molecule has 0 aliphatic carbocycles. The number of sulfonamides is 1. The maximum absolute atomic E-state index is 12.9. The van der Waals surface area contributed by atoms with Crippen molar-refractivity contribution in [3.63, 3.8) is 0 Å². The average molecular weight is 498 g/mol. The summed E-state index contributed by atoms with van der Waals surface area (Å²) in [5.41, 5.74) is 0.950. The predicted molar refractivity (Wildman–Crippen MR) is 126 cm³/mol. The molecule has 3 heterocycles. The molecule has 0 unspecified atom stereocenters. The number of amides is 2. The number of fused-ring (bicyclic) bond motifs is 1. The number of rotatable bonds is 7. The van der Waals surface area contributed by atoms with Gasteiger partial charge in [-0.15, -0.1) is 0 Å². The van der Waals surface area contributed by atoms with Crippen molar-refractivity contribution in [3.05, 3.63) is 66.6 Å². The normalized spacial score (nSPS) is 17.4. The number of carbonyl (C=O) groups excluding carboxylic acids is 2. The van der Waals surface area contributed by atoms with Crippen LogP contribution >= 0.6 is 0 Å². The second kappa shape index (κ2) is 9.43. The molecule has 2 aliphatic rings. The molecule has 2 amide bonds. The lowest BCUT2D eigenvalue weighted by Crippen LogP contribution is -2.28. The molecule has 10 nitrogen and oxygen atoms in total. The molecule has 2 aromatic carbocycles. The molecular formula is C24H23N3O7S. The Kier molecular flexibility index (Phi) is 6.18. The second-order valence-corrected chi connectivity index (χ2v) is 9.92. The van der Waals surface area contributed by atoms with Crippen LogP contribution in [0.1, 0.15) is 12.2 Å². The molecular weight excluding hydrogens is 474 g/mol. The molecule has 1 atom stereocenters. The fourth-order valence-corrected chi connectivity index (χ4v) is 5.02. The first kappa shape index (κ1) is 22.9. The van der Waals surface area contributed by atoms with Crippen molar-refractivity contribution in [1.29, 1.82) is 0 Å². The van der Waals surface area contributed by atoms with E-state index in [-0.39, 0.29) is 36.2 Å². The van der Waals surface area contributed by atoms with E-state index in [1.807, 2.05) is 0 Å². The van der Waals surface area contributed by atoms with Gasteiger partial charge in [0.15, 0.2) is 11.5 Å². The average Bonchev–Trinajstić information content (AvgIpc) is 3.52. The summed E-state index contributed by atoms with van der Waals surface area (Å²) < 4.78 is 44.0. The minimum atomic E-state index is -3.82. The lowest BCUT2D eigenvalue weighted by Gasteiger charge is -2.22. The maximum atomic E-state index is 12.9. The molecule has 3 aromatic rings. The standard InChI is InChI=1S/C24H23N3O7S/c28-23-11-16(15-27(23)18-6-7-21-22(13-18)34-10-9-33-21)24(29)26-17-3-1-5-20(12-17)35(30,31)25-14-19-4-2-8-32-19/h1-8,12-13,16,25H,9-11,14-15H2,(H,26,29)/t16-/m1/s1. The molecule has 0 bridgehead atoms. The third-order valence-corrected chi connectivity index (χ3v) is 7.16. The second-order valence-electron chi connectivity index (χ2n) is 8.15. The Balaban J connectivity index is 1.24. The third kappa shape index (κ3) is 5.00. The monoisotopic (exact) mass is 497 g/mol. The zero-order valence-corrected chi connectivity index (χ0v) is 19.4. The van der Waals surface area contributed by atoms with Gasteiger partial charge in [-0.2, -0.15) is 0 Å². The van der Waals surface area contributed by atoms with Gasteiger partial charge in [-0.1, -0.05) is 6.07 Å². The smallest absolute Gasteiger partial charge is 0.241 e. The van der Waals surface area contributed by atoms with Gasteiger partial charge in [-0.3, -0.25) is 9.59 Å². The lowest BCUT2D eigenvalue weighted by atomic mass is 10.1. The Labute approximate surface area is 201 Å². The highest BCUT2D eigenvalue weighted by molar-refractivity contribution is 7.89. The molecule has 35 heavy (non-hydrogen) atoms. The Bertz CT molecular complexity index is 1360. The molecule has 1 aromatic heterocycles. The van der Waals surface area contributed by atoms with Gasteiger partial charge in [-0.25, -0.2) is 13.1 Å². The molecule has 1 fully saturated rings. The zero-order chi connectivity index (χ0) is 24.4. The van der Waals surface area contributed by atoms with Crippen LogP contribution in [0.4, 0.5) is 11.4 Å². The summed E-state index contributed by atoms with van der Waals surface area (Å²) in [5, 5.41) is 2.74. The van der Waals surface area contributed by atoms with Crippen molar-refractivity contribution in [1.82, 2.24) is 4.72 Å². The van der Waals surface area contributed by atoms with E-state index in [2.05, 4.69) is 10.0 Å². The van der Waals surface area contributed by atoms with Crippen LogP contribution in [-0.2, 0) is 26.2 Å². The number of nitrogens with one attached hydrogen (secondary N) is 2. The van der Waals surface area contributed by atoms with Crippen molar-refractivity contribution in [2.75, 3.05) is 30.0 Å². The van der Waals surface area contributed by atoms with Crippen LogP contribution in [0.5, 0.6) is 11.5 Å². The fraction of sp³-hybridized carbons (Fsp3) is 0.250. The highest BCUT2D eigenvalue weighted by Gasteiger charge is 2.35. The van der Waals surface area contributed by atoms with Crippen molar-refractivity contribution < 1.29 is 31.9 Å². The lowest BCUT2D eigenvalue weighted by molar-refractivity contribution is -0.122. The van der Waals surface area contributed by atoms with Crippen LogP contribution in [0.15, 0.2) is 70.2 Å². The van der Waals surface area contributed by atoms with Crippen molar-refractivity contribution >= 4 is 33.2 Å². The molecule has 0 spiro atoms. The van der Waals surface area contributed by atoms with Crippen LogP contribution in [0, 0.1) is 5.92 Å². The van der Waals surface area contributed by atoms with Gasteiger partial charge in [0.2, 0.25) is 21.8 Å². The summed E-state index contributed by atoms with van der Waals surface area (Å²) in [6.07, 6.45) is 1.51. The van der Waals surface area contributed by atoms with E-state index in [0.29, 0.717) is 41.8 Å². The van der Waals surface area contributed by atoms with E-state index in [1.54, 1.807) is 47.4 Å². The summed E-state index contributed by atoms with van der Waals surface area (Å²) in [4.78, 5) is 27.1. The molecule has 2 N–H and O–H groups in total. The number of anilines is 2. The summed E-state index contributed by atoms with van der Waals surface area (Å²) >= 11 is 0. The van der Waals surface area contributed by atoms with E-state index in [4.69, 9.17) is 13.9 Å². The van der Waals surface area contributed by atoms with Gasteiger partial charge in [0.25, 0.3) is 0 Å². The highest BCUT2D eigenvalue weighted by Crippen LogP contribution is 2.36. The Morgan fingerprint density at radius 2 is 1.86 bits per heavy atom. The van der Waals surface area contributed by atoms with E-state index in [1.165, 1.54) is 18.4 Å². The van der Waals surface area contributed by atoms with E-state index in [0.717, 1.165) is 0 Å². The van der Waals surface area contributed by atoms with Gasteiger partial charge < -0.3 is 24.1 Å². The van der Waals surface area contributed by atoms with Gasteiger partial charge >= 0.3 is 0 Å². The SMILES string of the molecule is O=C(Nc1cccc(S(=O)(=O)NCc2ccco2)c1)[C@@H]1CC(=O)N(c2ccc3c(c2)OCCO3)C1. The Morgan fingerprint density at radius 1 is 1.03 bits per heavy atom. The summed E-state index contributed by atoms with van der Waals surface area (Å²) in [5.74, 6) is 0.527. The quantitative estimate of drug-likeness (QED) is 0.513. The van der Waals surface area contributed by atoms with E-state index < -0.39 is 15.9 Å². The van der Waals surface area contributed by atoms with E-state index >= 15 is 0 Å². The summed E-state index contributed by atoms with van der Waals surface area (Å²) in [6.45, 7) is 1.11. The largest absolute Gasteiger partial charge is 0.486 e. The molecule has 0 saturated carbocycles. The Morgan fingerprint density at radius 3 is 2.66 bits per heavy atom. The molecule has 1 saturated heterocycles. The number of hydrogen-bond donors (Lipinski definition) is 2. The van der Waals surface area contributed by atoms with Crippen LogP contribution in [0.25, 0.3) is 0 Å². The molecule has 0 radical (unpaired) electrons. The molecule has 2 aliphatic heterocycles. The minimum absolute atomic E-state index is 0.00209.